The molecule has 0 spiro atoms. The van der Waals surface area contributed by atoms with Crippen LogP contribution in [0.3, 0.4) is 0 Å². The minimum absolute atomic E-state index is 0.000405. The molecule has 13 heteroatoms. The van der Waals surface area contributed by atoms with Crippen LogP contribution in [0.1, 0.15) is 71.5 Å². The van der Waals surface area contributed by atoms with Crippen molar-refractivity contribution in [2.45, 2.75) is 76.3 Å². The number of pyridine rings is 1. The number of amides is 1. The second-order valence-electron chi connectivity index (χ2n) is 16.0. The number of fused-ring (bicyclic) bond motifs is 2. The van der Waals surface area contributed by atoms with Crippen LogP contribution >= 0.6 is 0 Å². The number of ether oxygens (including phenoxy) is 1. The van der Waals surface area contributed by atoms with Gasteiger partial charge in [-0.1, -0.05) is 36.4 Å². The Bertz CT molecular complexity index is 2580. The molecule has 0 unspecified atom stereocenters. The van der Waals surface area contributed by atoms with Crippen LogP contribution in [0.2, 0.25) is 0 Å². The van der Waals surface area contributed by atoms with Crippen LogP contribution in [0, 0.1) is 31.1 Å². The Hall–Kier alpha value is -5.13. The Balaban J connectivity index is 0.991. The first-order valence-electron chi connectivity index (χ1n) is 19.8. The zero-order chi connectivity index (χ0) is 39.6. The lowest BCUT2D eigenvalue weighted by atomic mass is 9.90. The maximum atomic E-state index is 12.9. The van der Waals surface area contributed by atoms with Gasteiger partial charge >= 0.3 is 0 Å². The predicted molar refractivity (Wildman–Crippen MR) is 216 cm³/mol. The van der Waals surface area contributed by atoms with E-state index in [2.05, 4.69) is 58.7 Å². The van der Waals surface area contributed by atoms with E-state index < -0.39 is 27.1 Å². The number of sulfonamides is 1. The van der Waals surface area contributed by atoms with Gasteiger partial charge in [0.2, 0.25) is 27.7 Å². The van der Waals surface area contributed by atoms with E-state index in [0.29, 0.717) is 80.3 Å². The Morgan fingerprint density at radius 3 is 2.40 bits per heavy atom. The van der Waals surface area contributed by atoms with Crippen LogP contribution in [-0.2, 0) is 27.8 Å². The van der Waals surface area contributed by atoms with Crippen molar-refractivity contribution in [3.05, 3.63) is 88.0 Å². The van der Waals surface area contributed by atoms with Crippen molar-refractivity contribution < 1.29 is 27.5 Å². The molecule has 3 aromatic carbocycles. The summed E-state index contributed by atoms with van der Waals surface area (Å²) in [5.41, 5.74) is 11.3. The average Bonchev–Trinajstić information content (AvgIpc) is 3.47. The van der Waals surface area contributed by atoms with E-state index in [1.165, 1.54) is 0 Å². The lowest BCUT2D eigenvalue weighted by Gasteiger charge is -2.24. The highest BCUT2D eigenvalue weighted by molar-refractivity contribution is 7.90. The first-order valence-corrected chi connectivity index (χ1v) is 21.4. The second-order valence-corrected chi connectivity index (χ2v) is 18.0. The molecular formula is C44H46N6O6S. The Morgan fingerprint density at radius 2 is 1.70 bits per heavy atom. The van der Waals surface area contributed by atoms with E-state index in [9.17, 15) is 23.6 Å². The number of carbonyl (C=O) groups is 1. The van der Waals surface area contributed by atoms with Crippen molar-refractivity contribution in [3.8, 4) is 45.8 Å². The van der Waals surface area contributed by atoms with Gasteiger partial charge in [0.25, 0.3) is 0 Å². The van der Waals surface area contributed by atoms with E-state index in [-0.39, 0.29) is 12.1 Å². The highest BCUT2D eigenvalue weighted by atomic mass is 32.2. The van der Waals surface area contributed by atoms with Gasteiger partial charge in [0.05, 0.1) is 30.1 Å². The van der Waals surface area contributed by atoms with E-state index in [4.69, 9.17) is 19.1 Å². The molecule has 2 N–H and O–H groups in total. The van der Waals surface area contributed by atoms with E-state index in [1.54, 1.807) is 7.11 Å². The number of aliphatic hydroxyl groups is 1. The summed E-state index contributed by atoms with van der Waals surface area (Å²) < 4.78 is 39.4. The Morgan fingerprint density at radius 1 is 0.965 bits per heavy atom. The van der Waals surface area contributed by atoms with Gasteiger partial charge in [-0.3, -0.25) is 19.3 Å². The minimum Gasteiger partial charge on any atom is -0.481 e. The Kier molecular flexibility index (Phi) is 9.64. The predicted octanol–water partition coefficient (Wildman–Crippen LogP) is 6.21. The molecule has 57 heavy (non-hydrogen) atoms. The summed E-state index contributed by atoms with van der Waals surface area (Å²) in [5, 5.41) is 20.0. The van der Waals surface area contributed by atoms with Gasteiger partial charge in [-0.15, -0.1) is 0 Å². The number of nitrogens with one attached hydrogen (secondary N) is 1. The van der Waals surface area contributed by atoms with Crippen LogP contribution in [0.25, 0.3) is 44.9 Å². The van der Waals surface area contributed by atoms with Gasteiger partial charge in [0, 0.05) is 48.9 Å². The molecule has 294 valence electrons. The summed E-state index contributed by atoms with van der Waals surface area (Å²) in [6.07, 6.45) is 3.78. The molecule has 0 radical (unpaired) electrons. The summed E-state index contributed by atoms with van der Waals surface area (Å²) in [6, 6.07) is 20.9. The van der Waals surface area contributed by atoms with Crippen molar-refractivity contribution in [3.63, 3.8) is 0 Å². The first-order chi connectivity index (χ1) is 27.5. The summed E-state index contributed by atoms with van der Waals surface area (Å²) in [6.45, 7) is 7.46. The van der Waals surface area contributed by atoms with E-state index in [1.807, 2.05) is 30.3 Å². The van der Waals surface area contributed by atoms with Crippen LogP contribution in [0.5, 0.6) is 5.88 Å². The molecule has 0 bridgehead atoms. The molecule has 1 saturated carbocycles. The number of rotatable bonds is 10. The van der Waals surface area contributed by atoms with E-state index >= 15 is 0 Å². The summed E-state index contributed by atoms with van der Waals surface area (Å²) >= 11 is 0. The third-order valence-corrected chi connectivity index (χ3v) is 14.3. The molecule has 2 saturated heterocycles. The zero-order valence-electron chi connectivity index (χ0n) is 32.4. The van der Waals surface area contributed by atoms with Gasteiger partial charge in [-0.25, -0.2) is 18.4 Å². The largest absolute Gasteiger partial charge is 0.481 e. The molecule has 4 aliphatic rings. The highest BCUT2D eigenvalue weighted by Gasteiger charge is 2.41. The molecule has 1 amide bonds. The maximum absolute atomic E-state index is 12.9. The van der Waals surface area contributed by atoms with Gasteiger partial charge < -0.3 is 14.3 Å². The first kappa shape index (κ1) is 37.4. The van der Waals surface area contributed by atoms with Crippen molar-refractivity contribution in [2.24, 2.45) is 5.92 Å². The lowest BCUT2D eigenvalue weighted by Crippen LogP contribution is -2.38. The number of aliphatic hydroxyl groups excluding tert-OH is 1. The highest BCUT2D eigenvalue weighted by Crippen LogP contribution is 2.44. The van der Waals surface area contributed by atoms with Crippen molar-refractivity contribution in [2.75, 3.05) is 33.3 Å². The number of nitrogens with zero attached hydrogens (tertiary/aromatic N) is 5. The number of nitriles is 1. The van der Waals surface area contributed by atoms with Crippen molar-refractivity contribution in [1.82, 2.24) is 24.5 Å². The van der Waals surface area contributed by atoms with Gasteiger partial charge in [0.15, 0.2) is 5.58 Å². The molecule has 5 aromatic rings. The number of benzene rings is 3. The molecule has 2 aliphatic heterocycles. The quantitative estimate of drug-likeness (QED) is 0.166. The molecule has 9 rings (SSSR count). The van der Waals surface area contributed by atoms with Crippen LogP contribution < -0.4 is 9.46 Å². The lowest BCUT2D eigenvalue weighted by molar-refractivity contribution is -0.122. The smallest absolute Gasteiger partial charge is 0.237 e. The fraction of sp³-hybridized carbons (Fsp3) is 0.409. The summed E-state index contributed by atoms with van der Waals surface area (Å²) in [4.78, 5) is 27.3. The zero-order valence-corrected chi connectivity index (χ0v) is 33.2. The third-order valence-electron chi connectivity index (χ3n) is 12.4. The summed E-state index contributed by atoms with van der Waals surface area (Å²) in [5.74, 6) is 0.201. The van der Waals surface area contributed by atoms with Crippen molar-refractivity contribution >= 4 is 27.0 Å². The number of likely N-dealkylation sites (tertiary alicyclic amines) is 2. The standard InChI is InChI=1S/C44H46N6O6S/c1-25-31(6-4-8-33(25)38-14-10-28(43(46-38)55-3)22-49-18-17-29(51)24-49)32-7-5-9-34(26(32)2)44-47-39-20-36-35(37(21-45)41(39)56-44)13-15-40(36)50-19-16-27(23-50)42(52)48-57(53,54)30-11-12-30/h4-10,14,20,27,29-30,40,51H,11-13,15-19,22-24H2,1-3H3,(H,48,52)/t27-,29-,40-/m1/s1. The molecule has 4 heterocycles. The number of aromatic nitrogens is 2. The third kappa shape index (κ3) is 6.88. The molecule has 12 nitrogen and oxygen atoms in total. The molecule has 2 aliphatic carbocycles. The van der Waals surface area contributed by atoms with Crippen LogP contribution in [0.15, 0.2) is 59.0 Å². The minimum atomic E-state index is -3.59. The number of oxazole rings is 1. The Labute approximate surface area is 332 Å². The van der Waals surface area contributed by atoms with Gasteiger partial charge in [-0.05, 0) is 110 Å². The SMILES string of the molecule is COc1nc(-c2cccc(-c3cccc(-c4nc5cc6c(c(C#N)c5o4)CC[C@H]6N4CC[C@@H](C(=O)NS(=O)(=O)C5CC5)C4)c3C)c2C)ccc1CN1CC[C@@H](O)C1. The van der Waals surface area contributed by atoms with Crippen molar-refractivity contribution in [1.29, 1.82) is 5.26 Å². The second kappa shape index (κ2) is 14.7. The van der Waals surface area contributed by atoms with Crippen LogP contribution in [-0.4, -0.2) is 83.8 Å². The topological polar surface area (TPSA) is 162 Å². The molecular weight excluding hydrogens is 741 g/mol. The monoisotopic (exact) mass is 786 g/mol. The maximum Gasteiger partial charge on any atom is 0.237 e. The molecule has 2 aromatic heterocycles. The average molecular weight is 787 g/mol. The molecule has 3 fully saturated rings. The fourth-order valence-corrected chi connectivity index (χ4v) is 10.6. The van der Waals surface area contributed by atoms with Crippen LogP contribution in [0.4, 0.5) is 0 Å². The molecule has 3 atom stereocenters. The summed E-state index contributed by atoms with van der Waals surface area (Å²) in [7, 11) is -1.95. The van der Waals surface area contributed by atoms with E-state index in [0.717, 1.165) is 75.2 Å². The normalized spacial score (nSPS) is 21.2. The number of methoxy groups -OCH3 is 1. The number of hydrogen-bond acceptors (Lipinski definition) is 11. The number of hydrogen-bond donors (Lipinski definition) is 2. The van der Waals surface area contributed by atoms with Gasteiger partial charge in [-0.2, -0.15) is 5.26 Å². The number of β-amino-alcohol motifs (C(OH)–C–C–N with tert-alkyl or cyclic N) is 1. The number of carbonyl (C=O) groups excluding carboxylic acids is 1. The van der Waals surface area contributed by atoms with Gasteiger partial charge in [0.1, 0.15) is 17.1 Å². The fourth-order valence-electron chi connectivity index (χ4n) is 9.19.